The van der Waals surface area contributed by atoms with E-state index in [1.807, 2.05) is 24.5 Å². The van der Waals surface area contributed by atoms with E-state index >= 15 is 0 Å². The Morgan fingerprint density at radius 3 is 2.86 bits per heavy atom. The van der Waals surface area contributed by atoms with Crippen LogP contribution in [0.5, 0.6) is 0 Å². The number of carbonyl (C=O) groups is 2. The van der Waals surface area contributed by atoms with Crippen molar-refractivity contribution in [3.63, 3.8) is 0 Å². The van der Waals surface area contributed by atoms with Crippen LogP contribution in [0.2, 0.25) is 0 Å². The summed E-state index contributed by atoms with van der Waals surface area (Å²) in [5, 5.41) is 12.4. The minimum Gasteiger partial charge on any atom is -0.480 e. The van der Waals surface area contributed by atoms with Crippen molar-refractivity contribution in [1.82, 2.24) is 5.32 Å². The Balaban J connectivity index is 2.17. The molecule has 0 aliphatic carbocycles. The number of rotatable bonds is 6. The van der Waals surface area contributed by atoms with Gasteiger partial charge in [0.05, 0.1) is 4.47 Å². The Morgan fingerprint density at radius 2 is 2.24 bits per heavy atom. The van der Waals surface area contributed by atoms with Crippen LogP contribution in [0.4, 0.5) is 0 Å². The topological polar surface area (TPSA) is 79.5 Å². The van der Waals surface area contributed by atoms with Gasteiger partial charge in [0.25, 0.3) is 5.91 Å². The molecule has 0 fully saturated rings. The fraction of sp³-hybridized carbons (Fsp3) is 0.286. The molecule has 1 unspecified atom stereocenters. The summed E-state index contributed by atoms with van der Waals surface area (Å²) in [5.41, 5.74) is 0.568. The normalized spacial score (nSPS) is 12.3. The van der Waals surface area contributed by atoms with E-state index in [0.29, 0.717) is 17.8 Å². The van der Waals surface area contributed by atoms with Gasteiger partial charge in [-0.1, -0.05) is 12.1 Å². The fourth-order valence-electron chi connectivity index (χ4n) is 1.86. The summed E-state index contributed by atoms with van der Waals surface area (Å²) >= 11 is 4.88. The summed E-state index contributed by atoms with van der Waals surface area (Å²) in [4.78, 5) is 23.2. The molecule has 21 heavy (non-hydrogen) atoms. The van der Waals surface area contributed by atoms with Gasteiger partial charge in [0, 0.05) is 5.39 Å². The number of fused-ring (bicyclic) bond motifs is 1. The van der Waals surface area contributed by atoms with Crippen molar-refractivity contribution < 1.29 is 19.1 Å². The second-order valence-corrected chi connectivity index (χ2v) is 6.25. The molecule has 0 spiro atoms. The van der Waals surface area contributed by atoms with Crippen LogP contribution < -0.4 is 5.32 Å². The van der Waals surface area contributed by atoms with Gasteiger partial charge in [0.2, 0.25) is 0 Å². The van der Waals surface area contributed by atoms with Crippen molar-refractivity contribution in [2.45, 2.75) is 12.5 Å². The van der Waals surface area contributed by atoms with E-state index in [0.717, 1.165) is 9.86 Å². The van der Waals surface area contributed by atoms with Gasteiger partial charge in [-0.2, -0.15) is 11.8 Å². The second kappa shape index (κ2) is 7.00. The van der Waals surface area contributed by atoms with E-state index in [1.54, 1.807) is 6.07 Å². The van der Waals surface area contributed by atoms with Crippen LogP contribution in [0.15, 0.2) is 33.2 Å². The lowest BCUT2D eigenvalue weighted by molar-refractivity contribution is -0.139. The number of carbonyl (C=O) groups excluding carboxylic acids is 1. The lowest BCUT2D eigenvalue weighted by Gasteiger charge is -2.12. The van der Waals surface area contributed by atoms with E-state index in [4.69, 9.17) is 9.52 Å². The van der Waals surface area contributed by atoms with Crippen LogP contribution in [0.1, 0.15) is 17.0 Å². The highest BCUT2D eigenvalue weighted by molar-refractivity contribution is 9.10. The number of amides is 1. The van der Waals surface area contributed by atoms with E-state index in [2.05, 4.69) is 21.2 Å². The van der Waals surface area contributed by atoms with Crippen molar-refractivity contribution >= 4 is 50.5 Å². The molecule has 0 aliphatic rings. The summed E-state index contributed by atoms with van der Waals surface area (Å²) in [6.07, 6.45) is 2.25. The molecule has 1 aromatic carbocycles. The molecule has 112 valence electrons. The maximum atomic E-state index is 12.1. The first kappa shape index (κ1) is 15.9. The van der Waals surface area contributed by atoms with Crippen molar-refractivity contribution in [3.8, 4) is 0 Å². The molecule has 2 rings (SSSR count). The summed E-state index contributed by atoms with van der Waals surface area (Å²) in [7, 11) is 0. The van der Waals surface area contributed by atoms with Gasteiger partial charge >= 0.3 is 5.97 Å². The fourth-order valence-corrected chi connectivity index (χ4v) is 2.80. The Bertz CT molecular complexity index is 670. The third-order valence-corrected chi connectivity index (χ3v) is 4.20. The molecule has 2 aromatic rings. The number of carboxylic acids is 1. The lowest BCUT2D eigenvalue weighted by Crippen LogP contribution is -2.41. The monoisotopic (exact) mass is 371 g/mol. The number of para-hydroxylation sites is 1. The van der Waals surface area contributed by atoms with E-state index < -0.39 is 17.9 Å². The zero-order valence-corrected chi connectivity index (χ0v) is 13.7. The first-order chi connectivity index (χ1) is 10.0. The number of benzene rings is 1. The molecule has 1 heterocycles. The number of halogens is 1. The summed E-state index contributed by atoms with van der Waals surface area (Å²) < 4.78 is 6.24. The number of aliphatic carboxylic acids is 1. The van der Waals surface area contributed by atoms with Gasteiger partial charge in [-0.25, -0.2) is 4.79 Å². The highest BCUT2D eigenvalue weighted by atomic mass is 79.9. The van der Waals surface area contributed by atoms with Crippen LogP contribution in [0.3, 0.4) is 0 Å². The molecule has 5 nitrogen and oxygen atoms in total. The molecular weight excluding hydrogens is 358 g/mol. The molecule has 1 atom stereocenters. The van der Waals surface area contributed by atoms with Gasteiger partial charge in [-0.3, -0.25) is 4.79 Å². The van der Waals surface area contributed by atoms with Crippen molar-refractivity contribution in [1.29, 1.82) is 0 Å². The third kappa shape index (κ3) is 3.79. The number of furan rings is 1. The minimum absolute atomic E-state index is 0.104. The van der Waals surface area contributed by atoms with Crippen LogP contribution >= 0.6 is 27.7 Å². The number of carboxylic acid groups (broad SMARTS) is 1. The standard InChI is InChI=1S/C14H14BrNO4S/c1-21-6-5-10(14(18)19)16-13(17)11-7-8-3-2-4-9(15)12(8)20-11/h2-4,7,10H,5-6H2,1H3,(H,16,17)(H,18,19). The van der Waals surface area contributed by atoms with Crippen molar-refractivity contribution in [2.75, 3.05) is 12.0 Å². The van der Waals surface area contributed by atoms with Gasteiger partial charge in [0.1, 0.15) is 11.6 Å². The van der Waals surface area contributed by atoms with Gasteiger partial charge in [0.15, 0.2) is 5.76 Å². The quantitative estimate of drug-likeness (QED) is 0.815. The number of nitrogens with one attached hydrogen (secondary N) is 1. The molecule has 0 bridgehead atoms. The highest BCUT2D eigenvalue weighted by Crippen LogP contribution is 2.26. The Hall–Kier alpha value is -1.47. The molecule has 2 N–H and O–H groups in total. The van der Waals surface area contributed by atoms with Crippen molar-refractivity contribution in [3.05, 3.63) is 34.5 Å². The van der Waals surface area contributed by atoms with E-state index in [9.17, 15) is 9.59 Å². The average Bonchev–Trinajstić information content (AvgIpc) is 2.88. The summed E-state index contributed by atoms with van der Waals surface area (Å²) in [5.74, 6) is -0.809. The molecule has 1 aromatic heterocycles. The second-order valence-electron chi connectivity index (χ2n) is 4.41. The predicted molar refractivity (Wildman–Crippen MR) is 85.8 cm³/mol. The smallest absolute Gasteiger partial charge is 0.326 e. The number of hydrogen-bond acceptors (Lipinski definition) is 4. The Morgan fingerprint density at radius 1 is 1.48 bits per heavy atom. The zero-order valence-electron chi connectivity index (χ0n) is 11.3. The van der Waals surface area contributed by atoms with E-state index in [-0.39, 0.29) is 5.76 Å². The molecule has 0 saturated carbocycles. The maximum absolute atomic E-state index is 12.1. The average molecular weight is 372 g/mol. The first-order valence-electron chi connectivity index (χ1n) is 6.23. The first-order valence-corrected chi connectivity index (χ1v) is 8.42. The maximum Gasteiger partial charge on any atom is 0.326 e. The van der Waals surface area contributed by atoms with Crippen LogP contribution in [0, 0.1) is 0 Å². The van der Waals surface area contributed by atoms with Gasteiger partial charge in [-0.05, 0) is 46.5 Å². The summed E-state index contributed by atoms with van der Waals surface area (Å²) in [6, 6.07) is 6.15. The molecule has 0 saturated heterocycles. The predicted octanol–water partition coefficient (Wildman–Crippen LogP) is 3.13. The van der Waals surface area contributed by atoms with E-state index in [1.165, 1.54) is 11.8 Å². The SMILES string of the molecule is CSCCC(NC(=O)c1cc2cccc(Br)c2o1)C(=O)O. The zero-order chi connectivity index (χ0) is 15.4. The highest BCUT2D eigenvalue weighted by Gasteiger charge is 2.22. The van der Waals surface area contributed by atoms with Crippen LogP contribution in [0.25, 0.3) is 11.0 Å². The Kier molecular flexibility index (Phi) is 5.30. The Labute approximate surface area is 134 Å². The molecule has 0 aliphatic heterocycles. The largest absolute Gasteiger partial charge is 0.480 e. The van der Waals surface area contributed by atoms with Crippen LogP contribution in [-0.4, -0.2) is 35.0 Å². The number of hydrogen-bond donors (Lipinski definition) is 2. The molecule has 7 heteroatoms. The molecule has 1 amide bonds. The van der Waals surface area contributed by atoms with Crippen molar-refractivity contribution in [2.24, 2.45) is 0 Å². The van der Waals surface area contributed by atoms with Gasteiger partial charge in [-0.15, -0.1) is 0 Å². The molecule has 0 radical (unpaired) electrons. The third-order valence-electron chi connectivity index (χ3n) is 2.93. The minimum atomic E-state index is -1.05. The lowest BCUT2D eigenvalue weighted by atomic mass is 10.2. The number of thioether (sulfide) groups is 1. The van der Waals surface area contributed by atoms with Gasteiger partial charge < -0.3 is 14.8 Å². The van der Waals surface area contributed by atoms with Crippen LogP contribution in [-0.2, 0) is 4.79 Å². The molecular formula is C14H14BrNO4S. The summed E-state index contributed by atoms with van der Waals surface area (Å²) in [6.45, 7) is 0.